The van der Waals surface area contributed by atoms with E-state index in [1.807, 2.05) is 13.8 Å². The summed E-state index contributed by atoms with van der Waals surface area (Å²) in [6.07, 6.45) is 1.86. The molecule has 0 fully saturated rings. The van der Waals surface area contributed by atoms with Crippen molar-refractivity contribution < 1.29 is 19.4 Å². The summed E-state index contributed by atoms with van der Waals surface area (Å²) in [5.74, 6) is -1.31. The fraction of sp³-hybridized carbons (Fsp3) is 0.429. The number of amides is 1. The first-order valence-electron chi connectivity index (χ1n) is 6.39. The number of carbonyl (C=O) groups is 2. The van der Waals surface area contributed by atoms with Gasteiger partial charge in [0.25, 0.3) is 5.91 Å². The molecule has 0 aliphatic carbocycles. The zero-order chi connectivity index (χ0) is 15.1. The zero-order valence-corrected chi connectivity index (χ0v) is 12.2. The molecule has 2 N–H and O–H groups in total. The Bertz CT molecular complexity index is 490. The highest BCUT2D eigenvalue weighted by Crippen LogP contribution is 2.22. The first kappa shape index (κ1) is 16.3. The Kier molecular flexibility index (Phi) is 6.31. The Morgan fingerprint density at radius 3 is 2.75 bits per heavy atom. The molecular weight excluding hydrogens is 282 g/mol. The largest absolute Gasteiger partial charge is 0.483 e. The number of hydrogen-bond donors (Lipinski definition) is 2. The van der Waals surface area contributed by atoms with Gasteiger partial charge in [-0.1, -0.05) is 24.9 Å². The zero-order valence-electron chi connectivity index (χ0n) is 11.5. The van der Waals surface area contributed by atoms with Crippen LogP contribution in [0.5, 0.6) is 5.75 Å². The van der Waals surface area contributed by atoms with Gasteiger partial charge in [-0.3, -0.25) is 4.79 Å². The summed E-state index contributed by atoms with van der Waals surface area (Å²) in [7, 11) is 0. The maximum atomic E-state index is 11.6. The third-order valence-electron chi connectivity index (χ3n) is 2.66. The van der Waals surface area contributed by atoms with Crippen molar-refractivity contribution in [2.75, 3.05) is 6.61 Å². The van der Waals surface area contributed by atoms with Crippen molar-refractivity contribution in [2.45, 2.75) is 32.7 Å². The van der Waals surface area contributed by atoms with Crippen LogP contribution in [0.2, 0.25) is 5.02 Å². The molecule has 0 spiro atoms. The summed E-state index contributed by atoms with van der Waals surface area (Å²) in [6, 6.07) is 4.31. The number of ether oxygens (including phenoxy) is 1. The van der Waals surface area contributed by atoms with Crippen molar-refractivity contribution in [2.24, 2.45) is 0 Å². The van der Waals surface area contributed by atoms with E-state index in [9.17, 15) is 9.59 Å². The lowest BCUT2D eigenvalue weighted by Crippen LogP contribution is -2.36. The van der Waals surface area contributed by atoms with Gasteiger partial charge in [-0.2, -0.15) is 0 Å². The molecule has 1 aromatic carbocycles. The van der Waals surface area contributed by atoms with Crippen LogP contribution in [-0.2, 0) is 4.79 Å². The van der Waals surface area contributed by atoms with Crippen LogP contribution in [0, 0.1) is 0 Å². The minimum absolute atomic E-state index is 0.0630. The van der Waals surface area contributed by atoms with Crippen molar-refractivity contribution in [1.82, 2.24) is 5.32 Å². The van der Waals surface area contributed by atoms with E-state index in [0.29, 0.717) is 5.02 Å². The van der Waals surface area contributed by atoms with Crippen LogP contribution in [0.3, 0.4) is 0 Å². The van der Waals surface area contributed by atoms with Crippen LogP contribution in [0.15, 0.2) is 18.2 Å². The van der Waals surface area contributed by atoms with E-state index in [1.165, 1.54) is 18.2 Å². The monoisotopic (exact) mass is 299 g/mol. The Morgan fingerprint density at radius 1 is 1.45 bits per heavy atom. The van der Waals surface area contributed by atoms with Crippen molar-refractivity contribution >= 4 is 23.5 Å². The van der Waals surface area contributed by atoms with Gasteiger partial charge in [0.2, 0.25) is 0 Å². The average molecular weight is 300 g/mol. The molecule has 1 aromatic rings. The van der Waals surface area contributed by atoms with Gasteiger partial charge in [-0.25, -0.2) is 4.79 Å². The predicted octanol–water partition coefficient (Wildman–Crippen LogP) is 2.72. The molecule has 5 nitrogen and oxygen atoms in total. The summed E-state index contributed by atoms with van der Waals surface area (Å²) in [5.41, 5.74) is -0.0630. The average Bonchev–Trinajstić information content (AvgIpc) is 2.37. The lowest BCUT2D eigenvalue weighted by Gasteiger charge is -2.14. The molecule has 1 rings (SSSR count). The quantitative estimate of drug-likeness (QED) is 0.811. The minimum atomic E-state index is -1.15. The molecule has 20 heavy (non-hydrogen) atoms. The number of rotatable bonds is 7. The van der Waals surface area contributed by atoms with Crippen LogP contribution < -0.4 is 10.1 Å². The Morgan fingerprint density at radius 2 is 2.15 bits per heavy atom. The molecule has 1 unspecified atom stereocenters. The minimum Gasteiger partial charge on any atom is -0.483 e. The molecule has 1 atom stereocenters. The van der Waals surface area contributed by atoms with Crippen molar-refractivity contribution in [1.29, 1.82) is 0 Å². The normalized spacial score (nSPS) is 11.8. The molecule has 0 aliphatic heterocycles. The highest BCUT2D eigenvalue weighted by molar-refractivity contribution is 6.31. The van der Waals surface area contributed by atoms with Gasteiger partial charge in [0.05, 0.1) is 0 Å². The van der Waals surface area contributed by atoms with Gasteiger partial charge in [-0.05, 0) is 31.5 Å². The van der Waals surface area contributed by atoms with Crippen LogP contribution in [0.4, 0.5) is 0 Å². The summed E-state index contributed by atoms with van der Waals surface area (Å²) < 4.78 is 5.24. The number of halogens is 1. The van der Waals surface area contributed by atoms with Gasteiger partial charge in [0.1, 0.15) is 11.3 Å². The van der Waals surface area contributed by atoms with E-state index in [4.69, 9.17) is 21.4 Å². The first-order valence-corrected chi connectivity index (χ1v) is 6.76. The fourth-order valence-electron chi connectivity index (χ4n) is 1.76. The third kappa shape index (κ3) is 5.09. The molecule has 0 aliphatic rings. The van der Waals surface area contributed by atoms with E-state index < -0.39 is 5.97 Å². The summed E-state index contributed by atoms with van der Waals surface area (Å²) >= 11 is 5.73. The summed E-state index contributed by atoms with van der Waals surface area (Å²) in [6.45, 7) is 3.72. The highest BCUT2D eigenvalue weighted by atomic mass is 35.5. The number of benzene rings is 1. The second-order valence-corrected chi connectivity index (χ2v) is 4.93. The highest BCUT2D eigenvalue weighted by Gasteiger charge is 2.14. The van der Waals surface area contributed by atoms with Crippen molar-refractivity contribution in [3.8, 4) is 5.75 Å². The molecule has 0 saturated carbocycles. The SMILES string of the molecule is CCCC(C)NC(=O)COc1ccc(Cl)cc1C(=O)O. The number of carboxylic acid groups (broad SMARTS) is 1. The molecule has 0 bridgehead atoms. The van der Waals surface area contributed by atoms with E-state index in [-0.39, 0.29) is 29.9 Å². The molecule has 0 saturated heterocycles. The molecule has 0 aromatic heterocycles. The molecule has 110 valence electrons. The molecule has 1 amide bonds. The lowest BCUT2D eigenvalue weighted by atomic mass is 10.2. The van der Waals surface area contributed by atoms with E-state index >= 15 is 0 Å². The molecular formula is C14H18ClNO4. The summed E-state index contributed by atoms with van der Waals surface area (Å²) in [5, 5.41) is 12.1. The maximum Gasteiger partial charge on any atom is 0.339 e. The van der Waals surface area contributed by atoms with Crippen molar-refractivity contribution in [3.63, 3.8) is 0 Å². The van der Waals surface area contributed by atoms with Gasteiger partial charge >= 0.3 is 5.97 Å². The van der Waals surface area contributed by atoms with Crippen LogP contribution in [0.1, 0.15) is 37.0 Å². The number of aromatic carboxylic acids is 1. The molecule has 0 radical (unpaired) electrons. The summed E-state index contributed by atoms with van der Waals surface area (Å²) in [4.78, 5) is 22.7. The second kappa shape index (κ2) is 7.75. The van der Waals surface area contributed by atoms with Gasteiger partial charge in [0, 0.05) is 11.1 Å². The lowest BCUT2D eigenvalue weighted by molar-refractivity contribution is -0.123. The Hall–Kier alpha value is -1.75. The smallest absolute Gasteiger partial charge is 0.339 e. The van der Waals surface area contributed by atoms with E-state index in [0.717, 1.165) is 12.8 Å². The fourth-order valence-corrected chi connectivity index (χ4v) is 1.93. The van der Waals surface area contributed by atoms with E-state index in [1.54, 1.807) is 0 Å². The third-order valence-corrected chi connectivity index (χ3v) is 2.89. The standard InChI is InChI=1S/C14H18ClNO4/c1-3-4-9(2)16-13(17)8-20-12-6-5-10(15)7-11(12)14(18)19/h5-7,9H,3-4,8H2,1-2H3,(H,16,17)(H,18,19). The Balaban J connectivity index is 2.61. The molecule has 6 heteroatoms. The molecule has 0 heterocycles. The topological polar surface area (TPSA) is 75.6 Å². The Labute approximate surface area is 122 Å². The first-order chi connectivity index (χ1) is 9.43. The number of carbonyl (C=O) groups excluding carboxylic acids is 1. The van der Waals surface area contributed by atoms with E-state index in [2.05, 4.69) is 5.32 Å². The number of nitrogens with one attached hydrogen (secondary N) is 1. The van der Waals surface area contributed by atoms with Crippen LogP contribution in [0.25, 0.3) is 0 Å². The van der Waals surface area contributed by atoms with Gasteiger partial charge in [-0.15, -0.1) is 0 Å². The second-order valence-electron chi connectivity index (χ2n) is 4.49. The van der Waals surface area contributed by atoms with Crippen LogP contribution in [-0.4, -0.2) is 29.6 Å². The van der Waals surface area contributed by atoms with Gasteiger partial charge in [0.15, 0.2) is 6.61 Å². The van der Waals surface area contributed by atoms with Crippen molar-refractivity contribution in [3.05, 3.63) is 28.8 Å². The van der Waals surface area contributed by atoms with Gasteiger partial charge < -0.3 is 15.2 Å². The predicted molar refractivity (Wildman–Crippen MR) is 76.4 cm³/mol. The van der Waals surface area contributed by atoms with Crippen LogP contribution >= 0.6 is 11.6 Å². The maximum absolute atomic E-state index is 11.6. The number of carboxylic acids is 1. The number of hydrogen-bond acceptors (Lipinski definition) is 3.